The van der Waals surface area contributed by atoms with Crippen molar-refractivity contribution >= 4 is 5.69 Å². The molecule has 42 heavy (non-hydrogen) atoms. The Labute approximate surface area is 258 Å². The molecular formula is C38H58N4. The molecule has 0 saturated heterocycles. The van der Waals surface area contributed by atoms with Gasteiger partial charge in [-0.2, -0.15) is 0 Å². The van der Waals surface area contributed by atoms with Crippen molar-refractivity contribution < 1.29 is 0 Å². The molecule has 0 spiro atoms. The normalized spacial score (nSPS) is 14.4. The van der Waals surface area contributed by atoms with Crippen molar-refractivity contribution in [3.8, 4) is 11.8 Å². The summed E-state index contributed by atoms with van der Waals surface area (Å²) in [7, 11) is 1.98. The zero-order chi connectivity index (χ0) is 31.9. The second-order valence-electron chi connectivity index (χ2n) is 9.74. The summed E-state index contributed by atoms with van der Waals surface area (Å²) in [6, 6.07) is 15.4. The van der Waals surface area contributed by atoms with E-state index in [-0.39, 0.29) is 5.92 Å². The highest BCUT2D eigenvalue weighted by Gasteiger charge is 2.17. The maximum absolute atomic E-state index is 4.12. The highest BCUT2D eigenvalue weighted by Crippen LogP contribution is 2.19. The molecular weight excluding hydrogens is 512 g/mol. The van der Waals surface area contributed by atoms with Gasteiger partial charge >= 0.3 is 0 Å². The maximum Gasteiger partial charge on any atom is 0.0448 e. The molecule has 4 heteroatoms. The molecule has 2 aromatic rings. The molecule has 0 bridgehead atoms. The zero-order valence-electron chi connectivity index (χ0n) is 28.0. The van der Waals surface area contributed by atoms with E-state index in [9.17, 15) is 0 Å². The summed E-state index contributed by atoms with van der Waals surface area (Å²) in [5, 5.41) is 6.90. The van der Waals surface area contributed by atoms with Gasteiger partial charge < -0.3 is 16.1 Å². The third-order valence-corrected chi connectivity index (χ3v) is 6.86. The number of allylic oxidation sites excluding steroid dienone is 3. The van der Waals surface area contributed by atoms with Gasteiger partial charge in [0, 0.05) is 42.0 Å². The van der Waals surface area contributed by atoms with Crippen molar-refractivity contribution in [2.24, 2.45) is 11.8 Å². The lowest BCUT2D eigenvalue weighted by atomic mass is 9.95. The van der Waals surface area contributed by atoms with E-state index < -0.39 is 0 Å². The molecule has 0 radical (unpaired) electrons. The molecule has 3 rings (SSSR count). The molecule has 0 heterocycles. The first kappa shape index (κ1) is 38.5. The van der Waals surface area contributed by atoms with Crippen LogP contribution >= 0.6 is 0 Å². The first-order valence-electron chi connectivity index (χ1n) is 15.5. The lowest BCUT2D eigenvalue weighted by Crippen LogP contribution is -2.37. The van der Waals surface area contributed by atoms with Gasteiger partial charge in [-0.3, -0.25) is 0 Å². The monoisotopic (exact) mass is 570 g/mol. The van der Waals surface area contributed by atoms with Crippen molar-refractivity contribution in [2.45, 2.75) is 80.8 Å². The number of benzene rings is 2. The first-order chi connectivity index (χ1) is 20.4. The Morgan fingerprint density at radius 2 is 1.71 bits per heavy atom. The van der Waals surface area contributed by atoms with Crippen LogP contribution < -0.4 is 21.5 Å². The molecule has 1 aliphatic carbocycles. The van der Waals surface area contributed by atoms with Gasteiger partial charge in [0.25, 0.3) is 0 Å². The average molecular weight is 571 g/mol. The van der Waals surface area contributed by atoms with Crippen LogP contribution in [-0.2, 0) is 13.0 Å². The van der Waals surface area contributed by atoms with E-state index in [0.29, 0.717) is 12.0 Å². The third kappa shape index (κ3) is 13.9. The lowest BCUT2D eigenvalue weighted by Gasteiger charge is -2.26. The van der Waals surface area contributed by atoms with Crippen LogP contribution in [0.15, 0.2) is 91.7 Å². The fourth-order valence-electron chi connectivity index (χ4n) is 4.24. The Kier molecular flexibility index (Phi) is 21.2. The number of likely N-dealkylation sites (N-methyl/N-ethyl adjacent to an activating group) is 1. The van der Waals surface area contributed by atoms with E-state index in [4.69, 9.17) is 0 Å². The second kappa shape index (κ2) is 23.1. The zero-order valence-corrected chi connectivity index (χ0v) is 28.0. The van der Waals surface area contributed by atoms with Crippen LogP contribution in [0.25, 0.3) is 0 Å². The van der Waals surface area contributed by atoms with Crippen LogP contribution in [0.4, 0.5) is 5.69 Å². The van der Waals surface area contributed by atoms with Crippen molar-refractivity contribution in [1.29, 1.82) is 0 Å². The SMILES string of the molecule is C=C.C=C(C)C(C)C(CNC)Nc1ccc(C#CC2C=CC(NNCc3ccc(C)c(CC)c3)=CC2)cc1.CC.CC. The standard InChI is InChI=1S/C32H42N4.2C2H6.C2H4/c1-7-29-20-28(9-8-24(29)4)21-34-36-31-18-14-27(15-19-31)11-10-26-12-16-30(17-13-26)35-32(22-33-6)25(5)23(2)3;3*1-2/h8-9,12-14,16-20,25,27,32-36H,2,7,15,21-22H2,1,3-6H3;2*1-2H3;1-2H2. The second-order valence-corrected chi connectivity index (χ2v) is 9.74. The lowest BCUT2D eigenvalue weighted by molar-refractivity contribution is 0.524. The van der Waals surface area contributed by atoms with Crippen LogP contribution in [0, 0.1) is 30.6 Å². The Balaban J connectivity index is 0.00000263. The van der Waals surface area contributed by atoms with Crippen molar-refractivity contribution in [3.63, 3.8) is 0 Å². The molecule has 4 N–H and O–H groups in total. The minimum Gasteiger partial charge on any atom is -0.380 e. The molecule has 0 fully saturated rings. The van der Waals surface area contributed by atoms with Gasteiger partial charge in [0.1, 0.15) is 0 Å². The maximum atomic E-state index is 4.12. The van der Waals surface area contributed by atoms with Gasteiger partial charge in [-0.15, -0.1) is 13.2 Å². The summed E-state index contributed by atoms with van der Waals surface area (Å²) in [4.78, 5) is 0. The third-order valence-electron chi connectivity index (χ3n) is 6.86. The van der Waals surface area contributed by atoms with Gasteiger partial charge in [-0.05, 0) is 86.7 Å². The number of hydrogen-bond acceptors (Lipinski definition) is 4. The number of hydrogen-bond donors (Lipinski definition) is 4. The summed E-state index contributed by atoms with van der Waals surface area (Å²) in [5.74, 6) is 7.35. The summed E-state index contributed by atoms with van der Waals surface area (Å²) >= 11 is 0. The Hall–Kier alpha value is -3.52. The van der Waals surface area contributed by atoms with Gasteiger partial charge in [-0.25, -0.2) is 5.43 Å². The number of hydrazine groups is 1. The number of anilines is 1. The van der Waals surface area contributed by atoms with Crippen LogP contribution in [0.1, 0.15) is 77.1 Å². The van der Waals surface area contributed by atoms with E-state index in [1.807, 2.05) is 34.7 Å². The smallest absolute Gasteiger partial charge is 0.0448 e. The van der Waals surface area contributed by atoms with Gasteiger partial charge in [0.05, 0.1) is 0 Å². The first-order valence-corrected chi connectivity index (χ1v) is 15.5. The molecule has 3 atom stereocenters. The van der Waals surface area contributed by atoms with Crippen molar-refractivity contribution in [3.05, 3.63) is 114 Å². The molecule has 0 amide bonds. The Morgan fingerprint density at radius 1 is 1.05 bits per heavy atom. The van der Waals surface area contributed by atoms with Crippen molar-refractivity contribution in [2.75, 3.05) is 18.9 Å². The molecule has 230 valence electrons. The predicted molar refractivity (Wildman–Crippen MR) is 188 cm³/mol. The minimum absolute atomic E-state index is 0.231. The van der Waals surface area contributed by atoms with E-state index in [2.05, 4.69) is 141 Å². The topological polar surface area (TPSA) is 48.1 Å². The van der Waals surface area contributed by atoms with Crippen LogP contribution in [-0.4, -0.2) is 19.6 Å². The summed E-state index contributed by atoms with van der Waals surface area (Å²) in [6.45, 7) is 28.5. The average Bonchev–Trinajstić information content (AvgIpc) is 3.04. The quantitative estimate of drug-likeness (QED) is 0.124. The Morgan fingerprint density at radius 3 is 2.26 bits per heavy atom. The largest absolute Gasteiger partial charge is 0.380 e. The molecule has 0 aromatic heterocycles. The van der Waals surface area contributed by atoms with Gasteiger partial charge in [0.2, 0.25) is 0 Å². The highest BCUT2D eigenvalue weighted by molar-refractivity contribution is 5.49. The van der Waals surface area contributed by atoms with E-state index >= 15 is 0 Å². The number of nitrogens with one attached hydrogen (secondary N) is 4. The van der Waals surface area contributed by atoms with Gasteiger partial charge in [-0.1, -0.05) is 95.9 Å². The Bertz CT molecular complexity index is 1150. The van der Waals surface area contributed by atoms with Crippen LogP contribution in [0.3, 0.4) is 0 Å². The number of aryl methyl sites for hydroxylation is 2. The summed E-state index contributed by atoms with van der Waals surface area (Å²) in [6.07, 6.45) is 8.46. The molecule has 4 nitrogen and oxygen atoms in total. The van der Waals surface area contributed by atoms with Crippen LogP contribution in [0.5, 0.6) is 0 Å². The fraction of sp³-hybridized carbons (Fsp3) is 0.421. The van der Waals surface area contributed by atoms with Crippen molar-refractivity contribution in [1.82, 2.24) is 16.2 Å². The predicted octanol–water partition coefficient (Wildman–Crippen LogP) is 8.73. The van der Waals surface area contributed by atoms with E-state index in [1.54, 1.807) is 0 Å². The summed E-state index contributed by atoms with van der Waals surface area (Å²) in [5.41, 5.74) is 15.1. The molecule has 3 unspecified atom stereocenters. The highest BCUT2D eigenvalue weighted by atomic mass is 15.4. The number of rotatable bonds is 11. The van der Waals surface area contributed by atoms with E-state index in [1.165, 1.54) is 22.3 Å². The molecule has 0 aliphatic heterocycles. The van der Waals surface area contributed by atoms with Crippen LogP contribution in [0.2, 0.25) is 0 Å². The fourth-order valence-corrected chi connectivity index (χ4v) is 4.24. The van der Waals surface area contributed by atoms with E-state index in [0.717, 1.165) is 42.9 Å². The van der Waals surface area contributed by atoms with Gasteiger partial charge in [0.15, 0.2) is 0 Å². The molecule has 2 aromatic carbocycles. The molecule has 0 saturated carbocycles. The molecule has 1 aliphatic rings. The summed E-state index contributed by atoms with van der Waals surface area (Å²) < 4.78 is 0. The minimum atomic E-state index is 0.231.